The molecule has 27 heteroatoms. The largest absolute Gasteiger partial charge is 0.497 e. The van der Waals surface area contributed by atoms with Crippen molar-refractivity contribution in [1.82, 2.24) is 19.5 Å². The summed E-state index contributed by atoms with van der Waals surface area (Å²) >= 11 is 0. The molecule has 480 valence electrons. The van der Waals surface area contributed by atoms with Crippen molar-refractivity contribution in [2.24, 2.45) is 0 Å². The molecule has 87 heavy (non-hydrogen) atoms. The number of amides is 1. The molecule has 1 aromatic heterocycles. The highest BCUT2D eigenvalue weighted by Crippen LogP contribution is 2.58. The average Bonchev–Trinajstić information content (AvgIpc) is 1.76. The van der Waals surface area contributed by atoms with Crippen LogP contribution in [-0.4, -0.2) is 186 Å². The average molecular weight is 1240 g/mol. The third kappa shape index (κ3) is 18.6. The summed E-state index contributed by atoms with van der Waals surface area (Å²) in [5.74, 6) is -1.38. The van der Waals surface area contributed by atoms with Gasteiger partial charge in [-0.3, -0.25) is 42.6 Å². The number of carbonyl (C=O) groups is 4. The molecule has 0 radical (unpaired) electrons. The van der Waals surface area contributed by atoms with Crippen LogP contribution in [0.3, 0.4) is 0 Å². The van der Waals surface area contributed by atoms with Crippen LogP contribution in [0.2, 0.25) is 0 Å². The van der Waals surface area contributed by atoms with Gasteiger partial charge >= 0.3 is 31.3 Å². The van der Waals surface area contributed by atoms with Gasteiger partial charge in [-0.05, 0) is 75.6 Å². The second kappa shape index (κ2) is 33.3. The smallest absolute Gasteiger partial charge is 0.409 e. The molecule has 0 bridgehead atoms. The van der Waals surface area contributed by atoms with Gasteiger partial charge in [-0.25, -0.2) is 14.0 Å². The summed E-state index contributed by atoms with van der Waals surface area (Å²) in [4.78, 5) is 76.9. The Kier molecular flexibility index (Phi) is 26.7. The van der Waals surface area contributed by atoms with E-state index in [9.17, 15) is 28.8 Å². The Morgan fingerprint density at radius 1 is 0.655 bits per heavy atom. The lowest BCUT2D eigenvalue weighted by Crippen LogP contribution is -2.66. The van der Waals surface area contributed by atoms with Crippen molar-refractivity contribution in [2.75, 3.05) is 87.4 Å². The summed E-state index contributed by atoms with van der Waals surface area (Å²) < 4.78 is 108. The number of benzene rings is 3. The SMILES string of the molecule is COc1ccc(C(OC[C@H]2O[C@@H](n3cc(C)c(=O)[nH]c3=O)[C@H](OC)[C@@H]2OP(=O)(OCCOCCOCCOCCO[C@@H]2O[C@H](COC(C)=O)[C@H](OC(C)=O)[C@H](OC(C)=O)[C@H]2NC(C)=O)N(C(C)C)C(C)C)(c2ccccc2)c2ccc(OC)cc2)cc1. The maximum absolute atomic E-state index is 15.8. The zero-order valence-corrected chi connectivity index (χ0v) is 52.2. The molecule has 26 nitrogen and oxygen atoms in total. The van der Waals surface area contributed by atoms with Crippen LogP contribution in [0, 0.1) is 6.92 Å². The van der Waals surface area contributed by atoms with E-state index in [2.05, 4.69) is 10.3 Å². The number of hydrogen-bond donors (Lipinski definition) is 2. The first-order valence-electron chi connectivity index (χ1n) is 28.5. The minimum atomic E-state index is -4.38. The summed E-state index contributed by atoms with van der Waals surface area (Å²) in [7, 11) is 0.192. The zero-order valence-electron chi connectivity index (χ0n) is 51.3. The van der Waals surface area contributed by atoms with Gasteiger partial charge in [0.2, 0.25) is 5.91 Å². The third-order valence-corrected chi connectivity index (χ3v) is 16.5. The maximum Gasteiger partial charge on any atom is 0.409 e. The van der Waals surface area contributed by atoms with Crippen molar-refractivity contribution in [1.29, 1.82) is 0 Å². The highest BCUT2D eigenvalue weighted by Gasteiger charge is 2.54. The first kappa shape index (κ1) is 69.7. The molecule has 0 spiro atoms. The highest BCUT2D eigenvalue weighted by atomic mass is 31.2. The van der Waals surface area contributed by atoms with Crippen molar-refractivity contribution in [3.63, 3.8) is 0 Å². The Labute approximate surface area is 506 Å². The van der Waals surface area contributed by atoms with E-state index in [0.717, 1.165) is 30.5 Å². The van der Waals surface area contributed by atoms with Gasteiger partial charge in [-0.2, -0.15) is 0 Å². The van der Waals surface area contributed by atoms with E-state index in [1.165, 1.54) is 31.7 Å². The fourth-order valence-corrected chi connectivity index (χ4v) is 12.7. The van der Waals surface area contributed by atoms with Crippen LogP contribution in [-0.2, 0) is 90.5 Å². The number of rotatable bonds is 34. The van der Waals surface area contributed by atoms with Gasteiger partial charge in [0, 0.05) is 58.6 Å². The zero-order chi connectivity index (χ0) is 63.4. The second-order valence-corrected chi connectivity index (χ2v) is 22.8. The minimum absolute atomic E-state index is 0.0294. The van der Waals surface area contributed by atoms with Crippen LogP contribution in [0.4, 0.5) is 0 Å². The van der Waals surface area contributed by atoms with Crippen molar-refractivity contribution in [3.8, 4) is 11.5 Å². The Bertz CT molecular complexity index is 2940. The number of methoxy groups -OCH3 is 3. The number of aromatic nitrogens is 2. The fourth-order valence-electron chi connectivity index (χ4n) is 10.4. The molecule has 10 atom stereocenters. The van der Waals surface area contributed by atoms with Gasteiger partial charge in [-0.1, -0.05) is 54.6 Å². The molecule has 3 aromatic carbocycles. The standard InChI is InChI=1S/C60H83N4O22P/c1-37(2)64(38(3)4)87(71,81-33-31-77-29-27-75-26-28-76-30-32-78-58-51(61-40(6)65)54(83-43(9)68)52(82-42(8)67)49(85-58)35-79-41(7)66)86-53-50(84-57(55(53)74-12)63-34-39(5)56(69)62-59(63)70)36-80-60(44-16-14-13-15-17-44,45-18-22-47(72-10)23-19-45)46-20-24-48(73-11)25-21-46/h13-25,34,37-38,49-55,57-58H,26-33,35-36H2,1-12H3,(H,61,65)(H,62,69,70)/t49-,50-,51-,52+,53-,54-,55-,57-,58-,87?/m1/s1. The summed E-state index contributed by atoms with van der Waals surface area (Å²) in [5.41, 5.74) is -0.264. The number of nitrogens with zero attached hydrogens (tertiary/aromatic N) is 2. The van der Waals surface area contributed by atoms with Crippen molar-refractivity contribution in [3.05, 3.63) is 128 Å². The molecule has 0 saturated carbocycles. The molecular weight excluding hydrogens is 1160 g/mol. The molecule has 4 aromatic rings. The van der Waals surface area contributed by atoms with Crippen LogP contribution in [0.5, 0.6) is 11.5 Å². The Hall–Kier alpha value is -6.39. The lowest BCUT2D eigenvalue weighted by atomic mass is 9.80. The molecule has 2 fully saturated rings. The van der Waals surface area contributed by atoms with Gasteiger partial charge in [0.05, 0.1) is 73.7 Å². The van der Waals surface area contributed by atoms with E-state index >= 15 is 4.57 Å². The molecular formula is C60H83N4O22P. The van der Waals surface area contributed by atoms with E-state index in [-0.39, 0.29) is 83.7 Å². The van der Waals surface area contributed by atoms with E-state index in [0.29, 0.717) is 11.5 Å². The summed E-state index contributed by atoms with van der Waals surface area (Å²) in [5, 5.41) is 2.64. The number of hydrogen-bond acceptors (Lipinski definition) is 22. The number of H-pyrrole nitrogens is 1. The minimum Gasteiger partial charge on any atom is -0.497 e. The number of aromatic amines is 1. The molecule has 2 aliphatic heterocycles. The van der Waals surface area contributed by atoms with Crippen molar-refractivity contribution >= 4 is 31.6 Å². The molecule has 0 aliphatic carbocycles. The molecule has 1 amide bonds. The monoisotopic (exact) mass is 1240 g/mol. The molecule has 1 unspecified atom stereocenters. The van der Waals surface area contributed by atoms with Crippen LogP contribution >= 0.6 is 7.75 Å². The van der Waals surface area contributed by atoms with Crippen LogP contribution in [0.15, 0.2) is 94.6 Å². The maximum atomic E-state index is 15.8. The summed E-state index contributed by atoms with van der Waals surface area (Å²) in [6, 6.07) is 22.6. The van der Waals surface area contributed by atoms with Crippen LogP contribution in [0.1, 0.15) is 83.9 Å². The summed E-state index contributed by atoms with van der Waals surface area (Å²) in [6.07, 6.45) is -8.26. The van der Waals surface area contributed by atoms with Gasteiger partial charge < -0.3 is 66.9 Å². The molecule has 2 aliphatic rings. The quantitative estimate of drug-likeness (QED) is 0.0201. The van der Waals surface area contributed by atoms with Gasteiger partial charge in [0.1, 0.15) is 54.2 Å². The van der Waals surface area contributed by atoms with Crippen LogP contribution in [0.25, 0.3) is 0 Å². The highest BCUT2D eigenvalue weighted by molar-refractivity contribution is 7.51. The fraction of sp³-hybridized carbons (Fsp3) is 0.567. The van der Waals surface area contributed by atoms with Gasteiger partial charge in [0.15, 0.2) is 24.7 Å². The van der Waals surface area contributed by atoms with Crippen molar-refractivity contribution in [2.45, 2.75) is 135 Å². The summed E-state index contributed by atoms with van der Waals surface area (Å²) in [6.45, 7) is 13.4. The van der Waals surface area contributed by atoms with E-state index in [1.807, 2.05) is 107 Å². The number of ether oxygens (including phenoxy) is 13. The Balaban J connectivity index is 1.13. The molecule has 2 N–H and O–H groups in total. The van der Waals surface area contributed by atoms with E-state index < -0.39 is 104 Å². The first-order chi connectivity index (χ1) is 41.6. The molecule has 2 saturated heterocycles. The van der Waals surface area contributed by atoms with Gasteiger partial charge in [0.25, 0.3) is 5.56 Å². The first-order valence-corrected chi connectivity index (χ1v) is 30.0. The van der Waals surface area contributed by atoms with Gasteiger partial charge in [-0.15, -0.1) is 0 Å². The number of aryl methyl sites for hydroxylation is 1. The molecule has 6 rings (SSSR count). The lowest BCUT2D eigenvalue weighted by Gasteiger charge is -2.44. The Morgan fingerprint density at radius 2 is 1.17 bits per heavy atom. The van der Waals surface area contributed by atoms with E-state index in [4.69, 9.17) is 70.6 Å². The number of esters is 3. The predicted octanol–water partition coefficient (Wildman–Crippen LogP) is 5.13. The third-order valence-electron chi connectivity index (χ3n) is 14.0. The second-order valence-electron chi connectivity index (χ2n) is 20.9. The topological polar surface area (TPSA) is 294 Å². The lowest BCUT2D eigenvalue weighted by molar-refractivity contribution is -0.279. The van der Waals surface area contributed by atoms with Crippen molar-refractivity contribution < 1.29 is 94.4 Å². The normalized spacial score (nSPS) is 22.0. The Morgan fingerprint density at radius 3 is 1.68 bits per heavy atom. The van der Waals surface area contributed by atoms with E-state index in [1.54, 1.807) is 25.8 Å². The number of nitrogens with one attached hydrogen (secondary N) is 2. The molecule has 3 heterocycles. The predicted molar refractivity (Wildman–Crippen MR) is 312 cm³/mol. The van der Waals surface area contributed by atoms with Crippen LogP contribution < -0.4 is 26.0 Å². The number of carbonyl (C=O) groups excluding carboxylic acids is 4.